The summed E-state index contributed by atoms with van der Waals surface area (Å²) in [6.45, 7) is 3.26. The lowest BCUT2D eigenvalue weighted by molar-refractivity contribution is -0.136. The number of methoxy groups -OCH3 is 1. The van der Waals surface area contributed by atoms with Crippen LogP contribution in [0.15, 0.2) is 48.5 Å². The van der Waals surface area contributed by atoms with Crippen LogP contribution in [0.1, 0.15) is 22.7 Å². The number of amides is 1. The Bertz CT molecular complexity index is 924. The van der Waals surface area contributed by atoms with Crippen LogP contribution in [0.5, 0.6) is 0 Å². The molecular formula is C23H24FN3O2. The predicted octanol–water partition coefficient (Wildman–Crippen LogP) is 2.98. The Morgan fingerprint density at radius 1 is 1.21 bits per heavy atom. The predicted molar refractivity (Wildman–Crippen MR) is 106 cm³/mol. The third kappa shape index (κ3) is 4.02. The van der Waals surface area contributed by atoms with Gasteiger partial charge in [-0.2, -0.15) is 5.26 Å². The molecule has 150 valence electrons. The number of halogens is 1. The van der Waals surface area contributed by atoms with E-state index in [0.29, 0.717) is 18.0 Å². The number of hydrogen-bond acceptors (Lipinski definition) is 4. The molecule has 2 aromatic rings. The molecule has 1 amide bonds. The highest BCUT2D eigenvalue weighted by Gasteiger charge is 2.48. The third-order valence-electron chi connectivity index (χ3n) is 6.01. The zero-order chi connectivity index (χ0) is 20.4. The number of benzene rings is 2. The van der Waals surface area contributed by atoms with E-state index in [9.17, 15) is 9.18 Å². The van der Waals surface area contributed by atoms with E-state index in [1.54, 1.807) is 12.1 Å². The van der Waals surface area contributed by atoms with E-state index >= 15 is 0 Å². The fourth-order valence-electron chi connectivity index (χ4n) is 4.79. The summed E-state index contributed by atoms with van der Waals surface area (Å²) in [5.41, 5.74) is 2.67. The number of carbonyl (C=O) groups is 1. The minimum absolute atomic E-state index is 0.0419. The van der Waals surface area contributed by atoms with Crippen LogP contribution in [-0.2, 0) is 16.1 Å². The molecule has 2 saturated heterocycles. The van der Waals surface area contributed by atoms with Crippen LogP contribution in [0.4, 0.5) is 4.39 Å². The molecule has 2 fully saturated rings. The lowest BCUT2D eigenvalue weighted by atomic mass is 9.89. The van der Waals surface area contributed by atoms with Gasteiger partial charge < -0.3 is 9.64 Å². The summed E-state index contributed by atoms with van der Waals surface area (Å²) in [6.07, 6.45) is 0. The van der Waals surface area contributed by atoms with Crippen LogP contribution in [-0.4, -0.2) is 49.1 Å². The molecule has 6 heteroatoms. The maximum Gasteiger partial charge on any atom is 0.249 e. The highest BCUT2D eigenvalue weighted by Crippen LogP contribution is 2.45. The summed E-state index contributed by atoms with van der Waals surface area (Å²) in [5, 5.41) is 8.96. The van der Waals surface area contributed by atoms with E-state index in [0.717, 1.165) is 25.2 Å². The van der Waals surface area contributed by atoms with Gasteiger partial charge in [-0.1, -0.05) is 24.3 Å². The topological polar surface area (TPSA) is 56.6 Å². The van der Waals surface area contributed by atoms with Crippen LogP contribution >= 0.6 is 0 Å². The van der Waals surface area contributed by atoms with Crippen molar-refractivity contribution in [3.63, 3.8) is 0 Å². The van der Waals surface area contributed by atoms with Gasteiger partial charge in [-0.3, -0.25) is 9.69 Å². The maximum atomic E-state index is 13.9. The number of rotatable bonds is 5. The number of likely N-dealkylation sites (tertiary alicyclic amines) is 2. The number of nitrogens with zero attached hydrogens (tertiary/aromatic N) is 3. The van der Waals surface area contributed by atoms with E-state index < -0.39 is 0 Å². The van der Waals surface area contributed by atoms with Gasteiger partial charge in [-0.15, -0.1) is 0 Å². The standard InChI is InChI=1S/C23H24FN3O2/c1-29-15-22(28)27-13-19-12-26(11-17-7-5-16(10-25)6-8-17)14-21(19)23(27)18-3-2-4-20(24)9-18/h2-9,19,21,23H,11-15H2,1H3/t19-,21-,23+/m1/s1. The van der Waals surface area contributed by atoms with Gasteiger partial charge in [0.05, 0.1) is 17.7 Å². The molecular weight excluding hydrogens is 369 g/mol. The molecule has 0 aromatic heterocycles. The van der Waals surface area contributed by atoms with E-state index in [4.69, 9.17) is 10.00 Å². The number of carbonyl (C=O) groups excluding carboxylic acids is 1. The summed E-state index contributed by atoms with van der Waals surface area (Å²) in [5.74, 6) is 0.283. The molecule has 0 N–H and O–H groups in total. The van der Waals surface area contributed by atoms with Gasteiger partial charge in [0.15, 0.2) is 0 Å². The molecule has 4 rings (SSSR count). The van der Waals surface area contributed by atoms with Crippen LogP contribution in [0, 0.1) is 29.0 Å². The van der Waals surface area contributed by atoms with Gasteiger partial charge >= 0.3 is 0 Å². The molecule has 0 spiro atoms. The van der Waals surface area contributed by atoms with Crippen molar-refractivity contribution in [2.75, 3.05) is 33.4 Å². The van der Waals surface area contributed by atoms with Crippen LogP contribution < -0.4 is 0 Å². The zero-order valence-corrected chi connectivity index (χ0v) is 16.4. The first-order chi connectivity index (χ1) is 14.1. The first-order valence-corrected chi connectivity index (χ1v) is 9.84. The van der Waals surface area contributed by atoms with Crippen LogP contribution in [0.3, 0.4) is 0 Å². The Morgan fingerprint density at radius 2 is 2.00 bits per heavy atom. The number of ether oxygens (including phenoxy) is 1. The Morgan fingerprint density at radius 3 is 2.69 bits per heavy atom. The van der Waals surface area contributed by atoms with Crippen molar-refractivity contribution in [3.05, 3.63) is 71.0 Å². The Labute approximate surface area is 170 Å². The zero-order valence-electron chi connectivity index (χ0n) is 16.4. The monoisotopic (exact) mass is 393 g/mol. The fraction of sp³-hybridized carbons (Fsp3) is 0.391. The van der Waals surface area contributed by atoms with Crippen molar-refractivity contribution in [2.45, 2.75) is 12.6 Å². The minimum atomic E-state index is -0.280. The summed E-state index contributed by atoms with van der Waals surface area (Å²) >= 11 is 0. The van der Waals surface area contributed by atoms with Crippen molar-refractivity contribution < 1.29 is 13.9 Å². The van der Waals surface area contributed by atoms with E-state index in [-0.39, 0.29) is 30.3 Å². The highest BCUT2D eigenvalue weighted by atomic mass is 19.1. The fourth-order valence-corrected chi connectivity index (χ4v) is 4.79. The van der Waals surface area contributed by atoms with E-state index in [1.807, 2.05) is 35.2 Å². The quantitative estimate of drug-likeness (QED) is 0.784. The second kappa shape index (κ2) is 8.32. The second-order valence-corrected chi connectivity index (χ2v) is 7.91. The number of hydrogen-bond donors (Lipinski definition) is 0. The molecule has 29 heavy (non-hydrogen) atoms. The van der Waals surface area contributed by atoms with E-state index in [2.05, 4.69) is 11.0 Å². The largest absolute Gasteiger partial charge is 0.375 e. The Hall–Kier alpha value is -2.75. The van der Waals surface area contributed by atoms with Crippen LogP contribution in [0.2, 0.25) is 0 Å². The molecule has 2 aromatic carbocycles. The average Bonchev–Trinajstić information content (AvgIpc) is 3.26. The average molecular weight is 393 g/mol. The molecule has 0 radical (unpaired) electrons. The highest BCUT2D eigenvalue weighted by molar-refractivity contribution is 5.78. The van der Waals surface area contributed by atoms with Crippen molar-refractivity contribution in [1.29, 1.82) is 5.26 Å². The lowest BCUT2D eigenvalue weighted by Crippen LogP contribution is -2.37. The Kier molecular flexibility index (Phi) is 5.61. The molecule has 0 aliphatic carbocycles. The van der Waals surface area contributed by atoms with Crippen molar-refractivity contribution in [2.24, 2.45) is 11.8 Å². The minimum Gasteiger partial charge on any atom is -0.375 e. The van der Waals surface area contributed by atoms with Crippen LogP contribution in [0.25, 0.3) is 0 Å². The molecule has 2 aliphatic heterocycles. The van der Waals surface area contributed by atoms with Gasteiger partial charge in [0, 0.05) is 39.2 Å². The molecule has 2 aliphatic rings. The van der Waals surface area contributed by atoms with Crippen molar-refractivity contribution in [1.82, 2.24) is 9.80 Å². The second-order valence-electron chi connectivity index (χ2n) is 7.91. The number of nitriles is 1. The summed E-state index contributed by atoms with van der Waals surface area (Å²) in [6, 6.07) is 16.3. The van der Waals surface area contributed by atoms with Gasteiger partial charge in [0.25, 0.3) is 0 Å². The van der Waals surface area contributed by atoms with Gasteiger partial charge in [-0.05, 0) is 41.3 Å². The van der Waals surface area contributed by atoms with Crippen molar-refractivity contribution in [3.8, 4) is 6.07 Å². The smallest absolute Gasteiger partial charge is 0.249 e. The van der Waals surface area contributed by atoms with Gasteiger partial charge in [0.2, 0.25) is 5.91 Å². The summed E-state index contributed by atoms with van der Waals surface area (Å²) < 4.78 is 19.0. The third-order valence-corrected chi connectivity index (χ3v) is 6.01. The first kappa shape index (κ1) is 19.6. The maximum absolute atomic E-state index is 13.9. The molecule has 2 heterocycles. The SMILES string of the molecule is COCC(=O)N1C[C@H]2CN(Cc3ccc(C#N)cc3)C[C@H]2[C@@H]1c1cccc(F)c1. The number of fused-ring (bicyclic) bond motifs is 1. The summed E-state index contributed by atoms with van der Waals surface area (Å²) in [7, 11) is 1.52. The normalized spacial score (nSPS) is 23.8. The molecule has 5 nitrogen and oxygen atoms in total. The van der Waals surface area contributed by atoms with Crippen molar-refractivity contribution >= 4 is 5.91 Å². The molecule has 0 bridgehead atoms. The lowest BCUT2D eigenvalue weighted by Gasteiger charge is -2.30. The molecule has 0 unspecified atom stereocenters. The molecule has 0 saturated carbocycles. The Balaban J connectivity index is 1.53. The first-order valence-electron chi connectivity index (χ1n) is 9.84. The van der Waals surface area contributed by atoms with Gasteiger partial charge in [-0.25, -0.2) is 4.39 Å². The summed E-state index contributed by atoms with van der Waals surface area (Å²) in [4.78, 5) is 16.9. The van der Waals surface area contributed by atoms with Gasteiger partial charge in [0.1, 0.15) is 12.4 Å². The van der Waals surface area contributed by atoms with E-state index in [1.165, 1.54) is 18.7 Å². The molecule has 3 atom stereocenters.